The van der Waals surface area contributed by atoms with E-state index in [1.165, 1.54) is 6.92 Å². The first-order valence-electron chi connectivity index (χ1n) is 5.29. The van der Waals surface area contributed by atoms with E-state index < -0.39 is 40.3 Å². The van der Waals surface area contributed by atoms with Gasteiger partial charge in [-0.15, -0.1) is 0 Å². The minimum absolute atomic E-state index is 0.205. The number of aromatic nitrogens is 1. The Morgan fingerprint density at radius 1 is 1.35 bits per heavy atom. The van der Waals surface area contributed by atoms with Crippen molar-refractivity contribution in [1.29, 1.82) is 0 Å². The first-order valence-corrected chi connectivity index (χ1v) is 5.29. The van der Waals surface area contributed by atoms with Crippen molar-refractivity contribution in [3.05, 3.63) is 40.9 Å². The lowest BCUT2D eigenvalue weighted by Gasteiger charge is -2.12. The zero-order valence-electron chi connectivity index (χ0n) is 9.95. The number of carboxylic acid groups (broad SMARTS) is 1. The van der Waals surface area contributed by atoms with Gasteiger partial charge in [0, 0.05) is 0 Å². The van der Waals surface area contributed by atoms with Crippen molar-refractivity contribution in [2.24, 2.45) is 0 Å². The van der Waals surface area contributed by atoms with E-state index in [0.717, 1.165) is 12.1 Å². The molecule has 0 saturated heterocycles. The van der Waals surface area contributed by atoms with Crippen LogP contribution in [0.25, 0.3) is 11.3 Å². The second-order valence-corrected chi connectivity index (χ2v) is 3.93. The number of carboxylic acids is 1. The van der Waals surface area contributed by atoms with Gasteiger partial charge in [-0.05, 0) is 19.1 Å². The lowest BCUT2D eigenvalue weighted by molar-refractivity contribution is -0.137. The number of hydrogen-bond acceptors (Lipinski definition) is 3. The number of benzene rings is 1. The number of nitrogens with zero attached hydrogens (tertiary/aromatic N) is 1. The Labute approximate surface area is 109 Å². The molecule has 0 aliphatic rings. The number of aromatic carboxylic acids is 1. The van der Waals surface area contributed by atoms with Crippen molar-refractivity contribution in [2.45, 2.75) is 13.1 Å². The van der Waals surface area contributed by atoms with E-state index in [9.17, 15) is 22.4 Å². The average Bonchev–Trinajstić information content (AvgIpc) is 2.69. The van der Waals surface area contributed by atoms with Gasteiger partial charge in [-0.2, -0.15) is 13.2 Å². The van der Waals surface area contributed by atoms with E-state index >= 15 is 0 Å². The van der Waals surface area contributed by atoms with Crippen LogP contribution in [0.2, 0.25) is 0 Å². The topological polar surface area (TPSA) is 63.3 Å². The third-order valence-electron chi connectivity index (χ3n) is 2.63. The molecule has 1 N–H and O–H groups in total. The summed E-state index contributed by atoms with van der Waals surface area (Å²) in [5, 5.41) is 12.2. The molecule has 8 heteroatoms. The monoisotopic (exact) mass is 289 g/mol. The Bertz CT molecular complexity index is 676. The molecule has 0 bridgehead atoms. The van der Waals surface area contributed by atoms with E-state index in [2.05, 4.69) is 9.68 Å². The largest absolute Gasteiger partial charge is 0.477 e. The van der Waals surface area contributed by atoms with Crippen molar-refractivity contribution < 1.29 is 32.0 Å². The smallest absolute Gasteiger partial charge is 0.417 e. The number of aryl methyl sites for hydroxylation is 1. The van der Waals surface area contributed by atoms with Crippen LogP contribution in [0.15, 0.2) is 22.7 Å². The van der Waals surface area contributed by atoms with Crippen molar-refractivity contribution in [3.63, 3.8) is 0 Å². The van der Waals surface area contributed by atoms with E-state index in [-0.39, 0.29) is 5.76 Å². The van der Waals surface area contributed by atoms with Gasteiger partial charge in [-0.1, -0.05) is 11.2 Å². The molecule has 0 unspecified atom stereocenters. The normalized spacial score (nSPS) is 11.7. The molecular formula is C12H7F4NO3. The molecule has 0 atom stereocenters. The van der Waals surface area contributed by atoms with Gasteiger partial charge < -0.3 is 9.63 Å². The maximum absolute atomic E-state index is 13.7. The van der Waals surface area contributed by atoms with Crippen LogP contribution in [0.4, 0.5) is 17.6 Å². The Morgan fingerprint density at radius 2 is 2.00 bits per heavy atom. The molecule has 2 aromatic rings. The zero-order chi connectivity index (χ0) is 15.1. The summed E-state index contributed by atoms with van der Waals surface area (Å²) >= 11 is 0. The Balaban J connectivity index is 2.80. The molecular weight excluding hydrogens is 282 g/mol. The van der Waals surface area contributed by atoms with Crippen LogP contribution in [0.1, 0.15) is 21.7 Å². The zero-order valence-corrected chi connectivity index (χ0v) is 9.95. The molecule has 0 spiro atoms. The Kier molecular flexibility index (Phi) is 3.24. The predicted molar refractivity (Wildman–Crippen MR) is 58.6 cm³/mol. The second-order valence-electron chi connectivity index (χ2n) is 3.93. The van der Waals surface area contributed by atoms with Crippen LogP contribution < -0.4 is 0 Å². The summed E-state index contributed by atoms with van der Waals surface area (Å²) < 4.78 is 57.0. The first-order chi connectivity index (χ1) is 9.23. The molecule has 0 radical (unpaired) electrons. The summed E-state index contributed by atoms with van der Waals surface area (Å²) in [7, 11) is 0. The fourth-order valence-electron chi connectivity index (χ4n) is 1.80. The highest BCUT2D eigenvalue weighted by Gasteiger charge is 2.37. The van der Waals surface area contributed by atoms with Crippen LogP contribution in [0, 0.1) is 12.7 Å². The Morgan fingerprint density at radius 3 is 2.55 bits per heavy atom. The summed E-state index contributed by atoms with van der Waals surface area (Å²) in [6.07, 6.45) is -4.85. The molecule has 4 nitrogen and oxygen atoms in total. The summed E-state index contributed by atoms with van der Waals surface area (Å²) in [6, 6.07) is 2.32. The molecule has 0 aliphatic carbocycles. The van der Waals surface area contributed by atoms with Crippen LogP contribution in [-0.4, -0.2) is 16.2 Å². The van der Waals surface area contributed by atoms with Crippen LogP contribution in [0.3, 0.4) is 0 Å². The van der Waals surface area contributed by atoms with Gasteiger partial charge in [0.15, 0.2) is 0 Å². The van der Waals surface area contributed by atoms with Crippen molar-refractivity contribution in [3.8, 4) is 11.3 Å². The molecule has 0 saturated carbocycles. The number of alkyl halides is 3. The fraction of sp³-hybridized carbons (Fsp3) is 0.167. The van der Waals surface area contributed by atoms with Crippen LogP contribution in [-0.2, 0) is 6.18 Å². The number of hydrogen-bond donors (Lipinski definition) is 1. The fourth-order valence-corrected chi connectivity index (χ4v) is 1.80. The molecule has 0 fully saturated rings. The standard InChI is InChI=1S/C12H7F4NO3/c1-5-8(11(18)19)10(17-20-5)9-6(12(14,15)16)3-2-4-7(9)13/h2-4H,1H3,(H,18,19). The summed E-state index contributed by atoms with van der Waals surface area (Å²) in [5.74, 6) is -2.98. The van der Waals surface area contributed by atoms with E-state index in [1.807, 2.05) is 0 Å². The van der Waals surface area contributed by atoms with E-state index in [0.29, 0.717) is 6.07 Å². The molecule has 0 aliphatic heterocycles. The molecule has 1 aromatic heterocycles. The molecule has 1 heterocycles. The van der Waals surface area contributed by atoms with Gasteiger partial charge in [0.05, 0.1) is 11.1 Å². The van der Waals surface area contributed by atoms with Gasteiger partial charge in [-0.25, -0.2) is 9.18 Å². The van der Waals surface area contributed by atoms with Gasteiger partial charge in [-0.3, -0.25) is 0 Å². The highest BCUT2D eigenvalue weighted by atomic mass is 19.4. The van der Waals surface area contributed by atoms with Crippen molar-refractivity contribution in [1.82, 2.24) is 5.16 Å². The van der Waals surface area contributed by atoms with Gasteiger partial charge in [0.2, 0.25) is 0 Å². The number of rotatable bonds is 2. The molecule has 1 aromatic carbocycles. The minimum Gasteiger partial charge on any atom is -0.477 e. The SMILES string of the molecule is Cc1onc(-c2c(F)cccc2C(F)(F)F)c1C(=O)O. The highest BCUT2D eigenvalue weighted by Crippen LogP contribution is 2.39. The van der Waals surface area contributed by atoms with Crippen LogP contribution in [0.5, 0.6) is 0 Å². The van der Waals surface area contributed by atoms with E-state index in [1.54, 1.807) is 0 Å². The maximum Gasteiger partial charge on any atom is 0.417 e. The number of carbonyl (C=O) groups is 1. The summed E-state index contributed by atoms with van der Waals surface area (Å²) in [6.45, 7) is 1.22. The van der Waals surface area contributed by atoms with Crippen molar-refractivity contribution in [2.75, 3.05) is 0 Å². The van der Waals surface area contributed by atoms with Gasteiger partial charge in [0.25, 0.3) is 0 Å². The minimum atomic E-state index is -4.85. The number of halogens is 4. The maximum atomic E-state index is 13.7. The predicted octanol–water partition coefficient (Wildman–Crippen LogP) is 3.51. The first kappa shape index (κ1) is 14.0. The van der Waals surface area contributed by atoms with Crippen LogP contribution >= 0.6 is 0 Å². The molecule has 20 heavy (non-hydrogen) atoms. The lowest BCUT2D eigenvalue weighted by atomic mass is 9.99. The average molecular weight is 289 g/mol. The van der Waals surface area contributed by atoms with Crippen molar-refractivity contribution >= 4 is 5.97 Å². The lowest BCUT2D eigenvalue weighted by Crippen LogP contribution is -2.10. The quantitative estimate of drug-likeness (QED) is 0.859. The second kappa shape index (κ2) is 4.62. The summed E-state index contributed by atoms with van der Waals surface area (Å²) in [4.78, 5) is 11.0. The summed E-state index contributed by atoms with van der Waals surface area (Å²) in [5.41, 5.74) is -3.52. The highest BCUT2D eigenvalue weighted by molar-refractivity contribution is 5.96. The van der Waals surface area contributed by atoms with E-state index in [4.69, 9.17) is 5.11 Å². The Hall–Kier alpha value is -2.38. The van der Waals surface area contributed by atoms with Gasteiger partial charge in [0.1, 0.15) is 22.8 Å². The third-order valence-corrected chi connectivity index (χ3v) is 2.63. The molecule has 106 valence electrons. The van der Waals surface area contributed by atoms with Gasteiger partial charge >= 0.3 is 12.1 Å². The molecule has 0 amide bonds. The molecule has 2 rings (SSSR count). The third kappa shape index (κ3) is 2.24.